The lowest BCUT2D eigenvalue weighted by Crippen LogP contribution is -2.28. The minimum Gasteiger partial charge on any atom is -0.493 e. The van der Waals surface area contributed by atoms with Crippen LogP contribution < -0.4 is 24.4 Å². The van der Waals surface area contributed by atoms with Crippen molar-refractivity contribution >= 4 is 34.2 Å². The molecule has 1 unspecified atom stereocenters. The van der Waals surface area contributed by atoms with Crippen LogP contribution in [0, 0.1) is 5.92 Å². The summed E-state index contributed by atoms with van der Waals surface area (Å²) in [4.78, 5) is 35.3. The lowest BCUT2D eigenvalue weighted by Gasteiger charge is -2.20. The van der Waals surface area contributed by atoms with E-state index in [1.54, 1.807) is 17.0 Å². The highest BCUT2D eigenvalue weighted by molar-refractivity contribution is 6.04. The number of hydrogen-bond donors (Lipinski definition) is 2. The number of rotatable bonds is 9. The average molecular weight is 467 g/mol. The number of imidazole rings is 1. The van der Waals surface area contributed by atoms with Crippen LogP contribution in [0.3, 0.4) is 0 Å². The molecule has 3 aromatic rings. The van der Waals surface area contributed by atoms with Gasteiger partial charge < -0.3 is 29.4 Å². The summed E-state index contributed by atoms with van der Waals surface area (Å²) >= 11 is 0. The van der Waals surface area contributed by atoms with Crippen molar-refractivity contribution < 1.29 is 23.8 Å². The van der Waals surface area contributed by atoms with E-state index in [1.807, 2.05) is 18.2 Å². The van der Waals surface area contributed by atoms with Gasteiger partial charge in [0.05, 0.1) is 44.0 Å². The molecule has 0 bridgehead atoms. The van der Waals surface area contributed by atoms with Gasteiger partial charge in [0, 0.05) is 37.2 Å². The first kappa shape index (κ1) is 23.4. The first-order valence-corrected chi connectivity index (χ1v) is 11.4. The van der Waals surface area contributed by atoms with Crippen LogP contribution in [-0.2, 0) is 16.0 Å². The van der Waals surface area contributed by atoms with E-state index in [2.05, 4.69) is 22.2 Å². The summed E-state index contributed by atoms with van der Waals surface area (Å²) in [6, 6.07) is 9.02. The number of fused-ring (bicyclic) bond motifs is 1. The zero-order valence-electron chi connectivity index (χ0n) is 19.9. The maximum Gasteiger partial charge on any atom is 0.229 e. The molecule has 1 aliphatic heterocycles. The van der Waals surface area contributed by atoms with Crippen molar-refractivity contribution in [3.8, 4) is 17.2 Å². The van der Waals surface area contributed by atoms with E-state index in [0.717, 1.165) is 36.1 Å². The molecule has 9 nitrogen and oxygen atoms in total. The third kappa shape index (κ3) is 4.64. The van der Waals surface area contributed by atoms with Crippen LogP contribution in [-0.4, -0.2) is 49.7 Å². The lowest BCUT2D eigenvalue weighted by molar-refractivity contribution is -0.122. The highest BCUT2D eigenvalue weighted by atomic mass is 16.5. The molecule has 1 atom stereocenters. The van der Waals surface area contributed by atoms with Gasteiger partial charge in [0.2, 0.25) is 17.6 Å². The van der Waals surface area contributed by atoms with Crippen molar-refractivity contribution in [2.24, 2.45) is 5.92 Å². The van der Waals surface area contributed by atoms with Gasteiger partial charge in [-0.3, -0.25) is 9.59 Å². The Hall–Kier alpha value is -3.75. The molecule has 2 amide bonds. The number of nitrogens with zero attached hydrogens (tertiary/aromatic N) is 2. The molecule has 4 rings (SSSR count). The van der Waals surface area contributed by atoms with E-state index in [9.17, 15) is 9.59 Å². The van der Waals surface area contributed by atoms with E-state index in [4.69, 9.17) is 14.2 Å². The number of benzene rings is 2. The number of methoxy groups -OCH3 is 3. The van der Waals surface area contributed by atoms with Crippen molar-refractivity contribution in [2.45, 2.75) is 32.6 Å². The van der Waals surface area contributed by atoms with Gasteiger partial charge in [0.1, 0.15) is 5.82 Å². The number of aromatic amines is 1. The summed E-state index contributed by atoms with van der Waals surface area (Å²) in [5.74, 6) is 1.47. The molecule has 2 heterocycles. The second-order valence-corrected chi connectivity index (χ2v) is 8.30. The Bertz CT molecular complexity index is 1180. The van der Waals surface area contributed by atoms with Crippen LogP contribution in [0.4, 0.5) is 11.4 Å². The van der Waals surface area contributed by atoms with Crippen molar-refractivity contribution in [3.05, 3.63) is 36.2 Å². The minimum absolute atomic E-state index is 0.121. The Morgan fingerprint density at radius 3 is 2.53 bits per heavy atom. The molecule has 2 aromatic carbocycles. The Labute approximate surface area is 198 Å². The topological polar surface area (TPSA) is 106 Å². The first-order valence-electron chi connectivity index (χ1n) is 11.4. The summed E-state index contributed by atoms with van der Waals surface area (Å²) in [7, 11) is 4.56. The first-order chi connectivity index (χ1) is 16.5. The van der Waals surface area contributed by atoms with E-state index < -0.39 is 5.92 Å². The standard InChI is InChI=1S/C25H30N4O5/c1-5-6-7-22-27-18-9-8-16(11-19(18)28-22)26-25(31)15-10-23(30)29(14-15)17-12-20(32-2)24(34-4)21(13-17)33-3/h8-9,11-13,15H,5-7,10,14H2,1-4H3,(H,26,31)(H,27,28). The number of unbranched alkanes of at least 4 members (excludes halogenated alkanes) is 1. The lowest BCUT2D eigenvalue weighted by atomic mass is 10.1. The molecule has 2 N–H and O–H groups in total. The fraction of sp³-hybridized carbons (Fsp3) is 0.400. The van der Waals surface area contributed by atoms with E-state index in [0.29, 0.717) is 28.6 Å². The number of carbonyl (C=O) groups excluding carboxylic acids is 2. The fourth-order valence-corrected chi connectivity index (χ4v) is 4.20. The van der Waals surface area contributed by atoms with Gasteiger partial charge in [-0.15, -0.1) is 0 Å². The summed E-state index contributed by atoms with van der Waals surface area (Å²) in [5, 5.41) is 2.95. The molecule has 180 valence electrons. The molecule has 1 aromatic heterocycles. The van der Waals surface area contributed by atoms with Crippen molar-refractivity contribution in [1.29, 1.82) is 0 Å². The third-order valence-electron chi connectivity index (χ3n) is 6.02. The molecule has 34 heavy (non-hydrogen) atoms. The maximum absolute atomic E-state index is 13.0. The largest absolute Gasteiger partial charge is 0.493 e. The van der Waals surface area contributed by atoms with Crippen LogP contribution in [0.25, 0.3) is 11.0 Å². The molecule has 0 aliphatic carbocycles. The fourth-order valence-electron chi connectivity index (χ4n) is 4.20. The van der Waals surface area contributed by atoms with Crippen molar-refractivity contribution in [3.63, 3.8) is 0 Å². The highest BCUT2D eigenvalue weighted by Gasteiger charge is 2.36. The Balaban J connectivity index is 1.48. The number of hydrogen-bond acceptors (Lipinski definition) is 6. The second kappa shape index (κ2) is 10.0. The maximum atomic E-state index is 13.0. The molecule has 9 heteroatoms. The van der Waals surface area contributed by atoms with Gasteiger partial charge in [-0.05, 0) is 24.6 Å². The Morgan fingerprint density at radius 1 is 1.15 bits per heavy atom. The van der Waals surface area contributed by atoms with Gasteiger partial charge >= 0.3 is 0 Å². The highest BCUT2D eigenvalue weighted by Crippen LogP contribution is 2.42. The summed E-state index contributed by atoms with van der Waals surface area (Å²) in [6.07, 6.45) is 3.19. The SMILES string of the molecule is CCCCc1nc2ccc(NC(=O)C3CC(=O)N(c4cc(OC)c(OC)c(OC)c4)C3)cc2[nH]1. The molecular weight excluding hydrogens is 436 g/mol. The molecular formula is C25H30N4O5. The van der Waals surface area contributed by atoms with E-state index >= 15 is 0 Å². The van der Waals surface area contributed by atoms with Crippen molar-refractivity contribution in [2.75, 3.05) is 38.1 Å². The number of aryl methyl sites for hydroxylation is 1. The predicted octanol–water partition coefficient (Wildman–Crippen LogP) is 3.92. The third-order valence-corrected chi connectivity index (χ3v) is 6.02. The Morgan fingerprint density at radius 2 is 1.88 bits per heavy atom. The zero-order chi connectivity index (χ0) is 24.2. The van der Waals surface area contributed by atoms with E-state index in [1.165, 1.54) is 21.3 Å². The number of carbonyl (C=O) groups is 2. The van der Waals surface area contributed by atoms with Gasteiger partial charge in [0.25, 0.3) is 0 Å². The second-order valence-electron chi connectivity index (χ2n) is 8.30. The number of nitrogens with one attached hydrogen (secondary N) is 2. The molecule has 0 spiro atoms. The van der Waals surface area contributed by atoms with Crippen LogP contribution >= 0.6 is 0 Å². The summed E-state index contributed by atoms with van der Waals surface area (Å²) < 4.78 is 16.1. The normalized spacial score (nSPS) is 15.6. The summed E-state index contributed by atoms with van der Waals surface area (Å²) in [5.41, 5.74) is 3.01. The number of amides is 2. The smallest absolute Gasteiger partial charge is 0.229 e. The molecule has 1 fully saturated rings. The van der Waals surface area contributed by atoms with Crippen LogP contribution in [0.15, 0.2) is 30.3 Å². The summed E-state index contributed by atoms with van der Waals surface area (Å²) in [6.45, 7) is 2.41. The average Bonchev–Trinajstić information content (AvgIpc) is 3.44. The number of H-pyrrole nitrogens is 1. The Kier molecular flexibility index (Phi) is 6.90. The zero-order valence-corrected chi connectivity index (χ0v) is 19.9. The molecule has 1 aliphatic rings. The van der Waals surface area contributed by atoms with E-state index in [-0.39, 0.29) is 24.8 Å². The molecule has 0 saturated carbocycles. The number of aromatic nitrogens is 2. The molecule has 0 radical (unpaired) electrons. The van der Waals surface area contributed by atoms with Gasteiger partial charge in [-0.1, -0.05) is 13.3 Å². The van der Waals surface area contributed by atoms with Gasteiger partial charge in [-0.25, -0.2) is 4.98 Å². The quantitative estimate of drug-likeness (QED) is 0.495. The van der Waals surface area contributed by atoms with Gasteiger partial charge in [-0.2, -0.15) is 0 Å². The van der Waals surface area contributed by atoms with Gasteiger partial charge in [0.15, 0.2) is 11.5 Å². The number of ether oxygens (including phenoxy) is 3. The van der Waals surface area contributed by atoms with Crippen LogP contribution in [0.2, 0.25) is 0 Å². The van der Waals surface area contributed by atoms with Crippen LogP contribution in [0.1, 0.15) is 32.0 Å². The minimum atomic E-state index is -0.482. The van der Waals surface area contributed by atoms with Crippen LogP contribution in [0.5, 0.6) is 17.2 Å². The predicted molar refractivity (Wildman–Crippen MR) is 130 cm³/mol. The molecule has 1 saturated heterocycles. The number of anilines is 2. The monoisotopic (exact) mass is 466 g/mol. The van der Waals surface area contributed by atoms with Crippen molar-refractivity contribution in [1.82, 2.24) is 9.97 Å².